The fourth-order valence-electron chi connectivity index (χ4n) is 5.35. The number of carbonyl (C=O) groups is 2. The van der Waals surface area contributed by atoms with Gasteiger partial charge in [0.15, 0.2) is 6.10 Å². The molecule has 44 heavy (non-hydrogen) atoms. The minimum Gasteiger partial charge on any atom is -0.462 e. The number of ether oxygens (including phenoxy) is 2. The predicted molar refractivity (Wildman–Crippen MR) is 187 cm³/mol. The van der Waals surface area contributed by atoms with Crippen LogP contribution in [0.5, 0.6) is 0 Å². The molecule has 5 heteroatoms. The summed E-state index contributed by atoms with van der Waals surface area (Å²) in [6, 6.07) is 0. The van der Waals surface area contributed by atoms with Crippen LogP contribution in [0.4, 0.5) is 0 Å². The summed E-state index contributed by atoms with van der Waals surface area (Å²) in [6.45, 7) is 4.10. The lowest BCUT2D eigenvalue weighted by molar-refractivity contribution is -0.161. The van der Waals surface area contributed by atoms with Crippen LogP contribution in [0.3, 0.4) is 0 Å². The quantitative estimate of drug-likeness (QED) is 0.0440. The molecule has 0 heterocycles. The van der Waals surface area contributed by atoms with Crippen LogP contribution in [0.2, 0.25) is 0 Å². The topological polar surface area (TPSA) is 72.8 Å². The number of esters is 2. The molecule has 0 fully saturated rings. The van der Waals surface area contributed by atoms with E-state index in [9.17, 15) is 14.7 Å². The fraction of sp³-hybridized carbons (Fsp3) is 0.846. The molecule has 0 aliphatic heterocycles. The molecule has 1 atom stereocenters. The molecule has 0 unspecified atom stereocenters. The first-order valence-corrected chi connectivity index (χ1v) is 18.9. The summed E-state index contributed by atoms with van der Waals surface area (Å²) in [5, 5.41) is 9.53. The highest BCUT2D eigenvalue weighted by Gasteiger charge is 2.16. The standard InChI is InChI=1S/C39H72O5/c1-3-5-7-9-11-13-15-16-17-18-19-20-21-22-24-26-28-30-32-34-39(42)44-37(35-40)36-43-38(41)33-31-29-27-25-23-14-12-10-8-6-4-2/h11,13,16-17,37,40H,3-10,12,14-15,18-36H2,1-2H3/t37-/m0/s1. The van der Waals surface area contributed by atoms with Gasteiger partial charge in [-0.3, -0.25) is 9.59 Å². The van der Waals surface area contributed by atoms with Gasteiger partial charge in [-0.1, -0.05) is 160 Å². The van der Waals surface area contributed by atoms with E-state index in [1.165, 1.54) is 122 Å². The SMILES string of the molecule is CCCCCC=CCC=CCCCCCCCCCCCC(=O)O[C@@H](CO)COC(=O)CCCCCCCCCCCCC. The van der Waals surface area contributed by atoms with Crippen molar-refractivity contribution in [2.45, 2.75) is 200 Å². The number of allylic oxidation sites excluding steroid dienone is 4. The monoisotopic (exact) mass is 621 g/mol. The van der Waals surface area contributed by atoms with Crippen LogP contribution in [0, 0.1) is 0 Å². The van der Waals surface area contributed by atoms with Gasteiger partial charge in [0.25, 0.3) is 0 Å². The number of unbranched alkanes of at least 4 members (excludes halogenated alkanes) is 22. The summed E-state index contributed by atoms with van der Waals surface area (Å²) in [5.41, 5.74) is 0. The van der Waals surface area contributed by atoms with E-state index in [-0.39, 0.29) is 25.2 Å². The Morgan fingerprint density at radius 1 is 0.523 bits per heavy atom. The molecule has 0 aliphatic rings. The zero-order valence-corrected chi connectivity index (χ0v) is 29.2. The summed E-state index contributed by atoms with van der Waals surface area (Å²) in [4.78, 5) is 24.2. The first-order chi connectivity index (χ1) is 21.6. The first kappa shape index (κ1) is 42.4. The summed E-state index contributed by atoms with van der Waals surface area (Å²) in [7, 11) is 0. The van der Waals surface area contributed by atoms with E-state index in [1.807, 2.05) is 0 Å². The van der Waals surface area contributed by atoms with Crippen LogP contribution < -0.4 is 0 Å². The van der Waals surface area contributed by atoms with E-state index in [0.717, 1.165) is 44.9 Å². The van der Waals surface area contributed by atoms with Crippen LogP contribution in [0.1, 0.15) is 194 Å². The van der Waals surface area contributed by atoms with Gasteiger partial charge < -0.3 is 14.6 Å². The average molecular weight is 621 g/mol. The molecule has 258 valence electrons. The molecule has 0 amide bonds. The molecule has 0 radical (unpaired) electrons. The zero-order chi connectivity index (χ0) is 32.2. The van der Waals surface area contributed by atoms with Crippen LogP contribution in [0.15, 0.2) is 24.3 Å². The van der Waals surface area contributed by atoms with E-state index in [1.54, 1.807) is 0 Å². The van der Waals surface area contributed by atoms with Crippen molar-refractivity contribution in [3.05, 3.63) is 24.3 Å². The molecular weight excluding hydrogens is 548 g/mol. The fourth-order valence-corrected chi connectivity index (χ4v) is 5.35. The van der Waals surface area contributed by atoms with Gasteiger partial charge in [0, 0.05) is 12.8 Å². The summed E-state index contributed by atoms with van der Waals surface area (Å²) < 4.78 is 10.6. The van der Waals surface area contributed by atoms with Crippen LogP contribution in [-0.4, -0.2) is 36.4 Å². The largest absolute Gasteiger partial charge is 0.462 e. The Labute approximate surface area is 273 Å². The summed E-state index contributed by atoms with van der Waals surface area (Å²) >= 11 is 0. The second kappa shape index (κ2) is 35.9. The van der Waals surface area contributed by atoms with Gasteiger partial charge in [-0.05, 0) is 44.9 Å². The van der Waals surface area contributed by atoms with E-state index >= 15 is 0 Å². The lowest BCUT2D eigenvalue weighted by Gasteiger charge is -2.15. The Balaban J connectivity index is 3.54. The van der Waals surface area contributed by atoms with Crippen LogP contribution >= 0.6 is 0 Å². The van der Waals surface area contributed by atoms with E-state index < -0.39 is 6.10 Å². The van der Waals surface area contributed by atoms with Crippen molar-refractivity contribution in [3.8, 4) is 0 Å². The van der Waals surface area contributed by atoms with Crippen molar-refractivity contribution in [2.24, 2.45) is 0 Å². The molecular formula is C39H72O5. The Hall–Kier alpha value is -1.62. The lowest BCUT2D eigenvalue weighted by Crippen LogP contribution is -2.28. The third kappa shape index (κ3) is 33.3. The molecule has 0 aromatic rings. The van der Waals surface area contributed by atoms with Crippen molar-refractivity contribution >= 4 is 11.9 Å². The molecule has 5 nitrogen and oxygen atoms in total. The van der Waals surface area contributed by atoms with Gasteiger partial charge in [-0.25, -0.2) is 0 Å². The third-order valence-corrected chi connectivity index (χ3v) is 8.25. The van der Waals surface area contributed by atoms with E-state index in [0.29, 0.717) is 12.8 Å². The van der Waals surface area contributed by atoms with Crippen molar-refractivity contribution in [2.75, 3.05) is 13.2 Å². The number of carbonyl (C=O) groups excluding carboxylic acids is 2. The third-order valence-electron chi connectivity index (χ3n) is 8.25. The maximum absolute atomic E-state index is 12.1. The molecule has 1 N–H and O–H groups in total. The van der Waals surface area contributed by atoms with Gasteiger partial charge in [-0.15, -0.1) is 0 Å². The summed E-state index contributed by atoms with van der Waals surface area (Å²) in [5.74, 6) is -0.591. The molecule has 0 aromatic heterocycles. The Morgan fingerprint density at radius 2 is 0.909 bits per heavy atom. The lowest BCUT2D eigenvalue weighted by atomic mass is 10.1. The van der Waals surface area contributed by atoms with Crippen LogP contribution in [-0.2, 0) is 19.1 Å². The van der Waals surface area contributed by atoms with Crippen molar-refractivity contribution in [1.29, 1.82) is 0 Å². The molecule has 0 spiro atoms. The second-order valence-corrected chi connectivity index (χ2v) is 12.7. The molecule has 0 aromatic carbocycles. The van der Waals surface area contributed by atoms with Crippen LogP contribution in [0.25, 0.3) is 0 Å². The molecule has 0 aliphatic carbocycles. The van der Waals surface area contributed by atoms with Crippen molar-refractivity contribution in [3.63, 3.8) is 0 Å². The average Bonchev–Trinajstić information content (AvgIpc) is 3.02. The highest BCUT2D eigenvalue weighted by molar-refractivity contribution is 5.70. The normalized spacial score (nSPS) is 12.3. The van der Waals surface area contributed by atoms with Crippen molar-refractivity contribution < 1.29 is 24.2 Å². The number of hydrogen-bond donors (Lipinski definition) is 1. The van der Waals surface area contributed by atoms with Gasteiger partial charge in [0.2, 0.25) is 0 Å². The van der Waals surface area contributed by atoms with Gasteiger partial charge in [-0.2, -0.15) is 0 Å². The molecule has 0 rings (SSSR count). The predicted octanol–water partition coefficient (Wildman–Crippen LogP) is 11.5. The molecule has 0 saturated carbocycles. The number of aliphatic hydroxyl groups is 1. The van der Waals surface area contributed by atoms with Crippen molar-refractivity contribution in [1.82, 2.24) is 0 Å². The van der Waals surface area contributed by atoms with Gasteiger partial charge >= 0.3 is 11.9 Å². The highest BCUT2D eigenvalue weighted by atomic mass is 16.6. The minimum atomic E-state index is -0.767. The van der Waals surface area contributed by atoms with E-state index in [2.05, 4.69) is 38.2 Å². The number of rotatable bonds is 34. The highest BCUT2D eigenvalue weighted by Crippen LogP contribution is 2.14. The maximum Gasteiger partial charge on any atom is 0.306 e. The number of aliphatic hydroxyl groups excluding tert-OH is 1. The summed E-state index contributed by atoms with van der Waals surface area (Å²) in [6.07, 6.45) is 40.9. The first-order valence-electron chi connectivity index (χ1n) is 18.9. The molecule has 0 saturated heterocycles. The molecule has 0 bridgehead atoms. The maximum atomic E-state index is 12.1. The zero-order valence-electron chi connectivity index (χ0n) is 29.2. The smallest absolute Gasteiger partial charge is 0.306 e. The minimum absolute atomic E-state index is 0.0636. The van der Waals surface area contributed by atoms with Gasteiger partial charge in [0.05, 0.1) is 6.61 Å². The number of hydrogen-bond acceptors (Lipinski definition) is 5. The Kier molecular flexibility index (Phi) is 34.5. The second-order valence-electron chi connectivity index (χ2n) is 12.7. The Bertz CT molecular complexity index is 671. The Morgan fingerprint density at radius 3 is 1.39 bits per heavy atom. The van der Waals surface area contributed by atoms with Gasteiger partial charge in [0.1, 0.15) is 6.61 Å². The van der Waals surface area contributed by atoms with E-state index in [4.69, 9.17) is 9.47 Å².